The van der Waals surface area contributed by atoms with Crippen LogP contribution in [0.5, 0.6) is 0 Å². The summed E-state index contributed by atoms with van der Waals surface area (Å²) in [7, 11) is 1.43. The molecule has 0 aliphatic heterocycles. The van der Waals surface area contributed by atoms with Crippen molar-refractivity contribution in [2.24, 2.45) is 0 Å². The molecule has 0 amide bonds. The summed E-state index contributed by atoms with van der Waals surface area (Å²) in [4.78, 5) is 21.3. The molecule has 0 radical (unpaired) electrons. The monoisotopic (exact) mass is 172 g/mol. The van der Waals surface area contributed by atoms with Gasteiger partial charge in [-0.3, -0.25) is 4.79 Å². The Kier molecular flexibility index (Phi) is 4.76. The standard InChI is InChI=1S/C8H12O4/c1-6(4-11-3)8(10)12-5-7(2)9/h4H,5H2,1-3H3. The average Bonchev–Trinajstić information content (AvgIpc) is 2.00. The number of rotatable bonds is 4. The lowest BCUT2D eigenvalue weighted by atomic mass is 10.3. The van der Waals surface area contributed by atoms with Crippen LogP contribution in [0, 0.1) is 0 Å². The maximum Gasteiger partial charge on any atom is 0.337 e. The fraction of sp³-hybridized carbons (Fsp3) is 0.500. The molecule has 0 saturated carbocycles. The van der Waals surface area contributed by atoms with E-state index < -0.39 is 5.97 Å². The molecule has 4 nitrogen and oxygen atoms in total. The summed E-state index contributed by atoms with van der Waals surface area (Å²) in [6.07, 6.45) is 1.27. The summed E-state index contributed by atoms with van der Waals surface area (Å²) in [5.41, 5.74) is 0.332. The summed E-state index contributed by atoms with van der Waals surface area (Å²) in [5, 5.41) is 0. The van der Waals surface area contributed by atoms with Crippen LogP contribution in [0.3, 0.4) is 0 Å². The number of hydrogen-bond acceptors (Lipinski definition) is 4. The first kappa shape index (κ1) is 10.7. The van der Waals surface area contributed by atoms with Gasteiger partial charge in [0.15, 0.2) is 5.78 Å². The van der Waals surface area contributed by atoms with E-state index in [0.29, 0.717) is 5.57 Å². The predicted octanol–water partition coefficient (Wildman–Crippen LogP) is 0.669. The maximum atomic E-state index is 10.9. The molecule has 0 aliphatic carbocycles. The van der Waals surface area contributed by atoms with E-state index in [4.69, 9.17) is 0 Å². The van der Waals surface area contributed by atoms with E-state index in [1.165, 1.54) is 20.3 Å². The van der Waals surface area contributed by atoms with Crippen LogP contribution in [0.4, 0.5) is 0 Å². The van der Waals surface area contributed by atoms with Crippen molar-refractivity contribution in [2.45, 2.75) is 13.8 Å². The van der Waals surface area contributed by atoms with Crippen LogP contribution < -0.4 is 0 Å². The Balaban J connectivity index is 3.88. The van der Waals surface area contributed by atoms with Crippen molar-refractivity contribution in [1.29, 1.82) is 0 Å². The topological polar surface area (TPSA) is 52.6 Å². The quantitative estimate of drug-likeness (QED) is 0.355. The smallest absolute Gasteiger partial charge is 0.337 e. The van der Waals surface area contributed by atoms with E-state index in [9.17, 15) is 9.59 Å². The highest BCUT2D eigenvalue weighted by Crippen LogP contribution is 1.96. The Labute approximate surface area is 71.2 Å². The van der Waals surface area contributed by atoms with Crippen molar-refractivity contribution in [2.75, 3.05) is 13.7 Å². The normalized spacial score (nSPS) is 10.8. The largest absolute Gasteiger partial charge is 0.504 e. The molecule has 0 aromatic carbocycles. The molecule has 0 saturated heterocycles. The zero-order valence-corrected chi connectivity index (χ0v) is 7.42. The SMILES string of the molecule is COC=C(C)C(=O)OCC(C)=O. The number of carbonyl (C=O) groups is 2. The third-order valence-electron chi connectivity index (χ3n) is 1.02. The number of carbonyl (C=O) groups excluding carboxylic acids is 2. The summed E-state index contributed by atoms with van der Waals surface area (Å²) < 4.78 is 9.16. The molecular formula is C8H12O4. The summed E-state index contributed by atoms with van der Waals surface area (Å²) in [6, 6.07) is 0. The molecule has 0 atom stereocenters. The molecule has 0 spiro atoms. The number of hydrogen-bond donors (Lipinski definition) is 0. The number of Topliss-reactive ketones (excluding diaryl/α,β-unsaturated/α-hetero) is 1. The van der Waals surface area contributed by atoms with Crippen molar-refractivity contribution in [3.63, 3.8) is 0 Å². The summed E-state index contributed by atoms with van der Waals surface area (Å²) >= 11 is 0. The van der Waals surface area contributed by atoms with Crippen molar-refractivity contribution < 1.29 is 19.1 Å². The van der Waals surface area contributed by atoms with Crippen LogP contribution in [0.2, 0.25) is 0 Å². The number of ether oxygens (including phenoxy) is 2. The Morgan fingerprint density at radius 1 is 1.33 bits per heavy atom. The molecule has 0 aromatic heterocycles. The van der Waals surface area contributed by atoms with E-state index in [-0.39, 0.29) is 12.4 Å². The molecule has 0 N–H and O–H groups in total. The second-order valence-corrected chi connectivity index (χ2v) is 2.31. The van der Waals surface area contributed by atoms with E-state index in [0.717, 1.165) is 0 Å². The summed E-state index contributed by atoms with van der Waals surface area (Å²) in [6.45, 7) is 2.71. The minimum atomic E-state index is -0.535. The molecule has 4 heteroatoms. The van der Waals surface area contributed by atoms with E-state index >= 15 is 0 Å². The van der Waals surface area contributed by atoms with Gasteiger partial charge >= 0.3 is 5.97 Å². The van der Waals surface area contributed by atoms with Crippen LogP contribution >= 0.6 is 0 Å². The second kappa shape index (κ2) is 5.35. The van der Waals surface area contributed by atoms with Gasteiger partial charge in [0.2, 0.25) is 0 Å². The van der Waals surface area contributed by atoms with Gasteiger partial charge in [0.25, 0.3) is 0 Å². The van der Waals surface area contributed by atoms with Gasteiger partial charge in [0, 0.05) is 0 Å². The zero-order chi connectivity index (χ0) is 9.56. The van der Waals surface area contributed by atoms with Crippen molar-refractivity contribution in [1.82, 2.24) is 0 Å². The van der Waals surface area contributed by atoms with Crippen molar-refractivity contribution in [3.8, 4) is 0 Å². The molecular weight excluding hydrogens is 160 g/mol. The maximum absolute atomic E-state index is 10.9. The molecule has 0 rings (SSSR count). The lowest BCUT2D eigenvalue weighted by Gasteiger charge is -2.01. The molecule has 0 aromatic rings. The minimum absolute atomic E-state index is 0.187. The second-order valence-electron chi connectivity index (χ2n) is 2.31. The average molecular weight is 172 g/mol. The molecule has 0 aliphatic rings. The van der Waals surface area contributed by atoms with Crippen LogP contribution in [-0.2, 0) is 19.1 Å². The Morgan fingerprint density at radius 3 is 2.33 bits per heavy atom. The third kappa shape index (κ3) is 4.49. The number of esters is 1. The van der Waals surface area contributed by atoms with E-state index in [1.807, 2.05) is 0 Å². The van der Waals surface area contributed by atoms with Gasteiger partial charge in [-0.25, -0.2) is 4.79 Å². The first-order valence-electron chi connectivity index (χ1n) is 3.44. The van der Waals surface area contributed by atoms with Crippen LogP contribution in [0.25, 0.3) is 0 Å². The van der Waals surface area contributed by atoms with Gasteiger partial charge < -0.3 is 9.47 Å². The predicted molar refractivity (Wildman–Crippen MR) is 42.4 cm³/mol. The Hall–Kier alpha value is -1.32. The first-order valence-corrected chi connectivity index (χ1v) is 3.44. The van der Waals surface area contributed by atoms with Crippen molar-refractivity contribution in [3.05, 3.63) is 11.8 Å². The first-order chi connectivity index (χ1) is 5.57. The molecule has 0 heterocycles. The Bertz CT molecular complexity index is 205. The van der Waals surface area contributed by atoms with Crippen LogP contribution in [0.15, 0.2) is 11.8 Å². The molecule has 68 valence electrons. The zero-order valence-electron chi connectivity index (χ0n) is 7.42. The fourth-order valence-corrected chi connectivity index (χ4v) is 0.506. The lowest BCUT2D eigenvalue weighted by Crippen LogP contribution is -2.11. The Morgan fingerprint density at radius 2 is 1.92 bits per heavy atom. The highest BCUT2D eigenvalue weighted by molar-refractivity contribution is 5.89. The summed E-state index contributed by atoms with van der Waals surface area (Å²) in [5.74, 6) is -0.722. The lowest BCUT2D eigenvalue weighted by molar-refractivity contribution is -0.143. The molecule has 0 bridgehead atoms. The van der Waals surface area contributed by atoms with Gasteiger partial charge in [-0.1, -0.05) is 0 Å². The fourth-order valence-electron chi connectivity index (χ4n) is 0.506. The molecule has 0 unspecified atom stereocenters. The van der Waals surface area contributed by atoms with Gasteiger partial charge in [-0.05, 0) is 13.8 Å². The van der Waals surface area contributed by atoms with E-state index in [2.05, 4.69) is 9.47 Å². The third-order valence-corrected chi connectivity index (χ3v) is 1.02. The number of methoxy groups -OCH3 is 1. The van der Waals surface area contributed by atoms with Gasteiger partial charge in [-0.2, -0.15) is 0 Å². The van der Waals surface area contributed by atoms with Crippen molar-refractivity contribution >= 4 is 11.8 Å². The highest BCUT2D eigenvalue weighted by atomic mass is 16.5. The van der Waals surface area contributed by atoms with E-state index in [1.54, 1.807) is 6.92 Å². The van der Waals surface area contributed by atoms with Gasteiger partial charge in [0.1, 0.15) is 6.61 Å². The van der Waals surface area contributed by atoms with Crippen LogP contribution in [-0.4, -0.2) is 25.5 Å². The minimum Gasteiger partial charge on any atom is -0.504 e. The van der Waals surface area contributed by atoms with Crippen LogP contribution in [0.1, 0.15) is 13.8 Å². The highest BCUT2D eigenvalue weighted by Gasteiger charge is 2.06. The van der Waals surface area contributed by atoms with Gasteiger partial charge in [0.05, 0.1) is 18.9 Å². The molecule has 12 heavy (non-hydrogen) atoms. The number of ketones is 1. The van der Waals surface area contributed by atoms with Gasteiger partial charge in [-0.15, -0.1) is 0 Å². The molecule has 0 fully saturated rings.